The summed E-state index contributed by atoms with van der Waals surface area (Å²) in [4.78, 5) is 0. The van der Waals surface area contributed by atoms with Crippen molar-refractivity contribution in [2.24, 2.45) is 0 Å². The third-order valence-electron chi connectivity index (χ3n) is 0.0816. The predicted octanol–water partition coefficient (Wildman–Crippen LogP) is 3.45. The Bertz CT molecular complexity index is 26.5. The third-order valence-corrected chi connectivity index (χ3v) is 3.67. The molecule has 0 N–H and O–H groups in total. The van der Waals surface area contributed by atoms with Crippen molar-refractivity contribution in [3.05, 3.63) is 0 Å². The summed E-state index contributed by atoms with van der Waals surface area (Å²) in [6.45, 7) is 0. The molecule has 6 heavy (non-hydrogen) atoms. The van der Waals surface area contributed by atoms with E-state index in [0.717, 1.165) is 0 Å². The van der Waals surface area contributed by atoms with Crippen LogP contribution in [0.2, 0.25) is 0 Å². The van der Waals surface area contributed by atoms with Crippen LogP contribution in [0.3, 0.4) is 0 Å². The molecule has 0 aromatic carbocycles. The van der Waals surface area contributed by atoms with E-state index in [0.29, 0.717) is 0 Å². The van der Waals surface area contributed by atoms with Crippen LogP contribution < -0.4 is 0 Å². The van der Waals surface area contributed by atoms with Crippen LogP contribution in [0, 0.1) is 0 Å². The number of rotatable bonds is 1. The average Bonchev–Trinajstić information content (AvgIpc) is 1.36. The van der Waals surface area contributed by atoms with Crippen molar-refractivity contribution in [1.29, 1.82) is 0 Å². The second kappa shape index (κ2) is 3.22. The summed E-state index contributed by atoms with van der Waals surface area (Å²) in [6, 6.07) is 0. The Morgan fingerprint density at radius 1 is 0.667 bits per heavy atom. The van der Waals surface area contributed by atoms with Gasteiger partial charge in [0.15, 0.2) is 0 Å². The predicted molar refractivity (Wildman–Crippen MR) is 32.5 cm³/mol. The van der Waals surface area contributed by atoms with Crippen LogP contribution in [-0.4, -0.2) is 0 Å². The summed E-state index contributed by atoms with van der Waals surface area (Å²) in [5.41, 5.74) is 0. The van der Waals surface area contributed by atoms with E-state index in [2.05, 4.69) is 0 Å². The molecule has 0 heterocycles. The molecule has 0 atom stereocenters. The molecule has 6 heteroatoms. The molecule has 0 aliphatic rings. The molecular formula is F4I2. The zero-order valence-electron chi connectivity index (χ0n) is 2.27. The molecule has 42 valence electrons. The molecule has 0 aliphatic heterocycles. The molecule has 0 amide bonds. The number of halogens is 6. The fraction of sp³-hybridized carbons (Fsp3) is 0. The van der Waals surface area contributed by atoms with Gasteiger partial charge < -0.3 is 0 Å². The van der Waals surface area contributed by atoms with Crippen molar-refractivity contribution in [3.63, 3.8) is 0 Å². The van der Waals surface area contributed by atoms with E-state index in [1.165, 1.54) is 0 Å². The van der Waals surface area contributed by atoms with Gasteiger partial charge in [-0.1, -0.05) is 0 Å². The molecule has 0 saturated heterocycles. The van der Waals surface area contributed by atoms with Gasteiger partial charge in [-0.3, -0.25) is 0 Å². The summed E-state index contributed by atoms with van der Waals surface area (Å²) in [7, 11) is 0. The van der Waals surface area contributed by atoms with Gasteiger partial charge in [-0.25, -0.2) is 0 Å². The van der Waals surface area contributed by atoms with Gasteiger partial charge in [-0.05, 0) is 0 Å². The molecule has 0 nitrogen and oxygen atoms in total. The van der Waals surface area contributed by atoms with Crippen LogP contribution in [0.5, 0.6) is 0 Å². The van der Waals surface area contributed by atoms with Gasteiger partial charge in [0, 0.05) is 0 Å². The van der Waals surface area contributed by atoms with Crippen molar-refractivity contribution in [2.45, 2.75) is 0 Å². The Labute approximate surface area is 45.2 Å². The van der Waals surface area contributed by atoms with Crippen LogP contribution in [0.1, 0.15) is 0 Å². The van der Waals surface area contributed by atoms with Gasteiger partial charge in [0.1, 0.15) is 0 Å². The van der Waals surface area contributed by atoms with E-state index in [1.54, 1.807) is 0 Å². The molecule has 0 aliphatic carbocycles. The maximum atomic E-state index is 10.6. The monoisotopic (exact) mass is 330 g/mol. The molecule has 0 spiro atoms. The summed E-state index contributed by atoms with van der Waals surface area (Å²) in [5.74, 6) is 0. The minimum absolute atomic E-state index is 4.56. The molecule has 0 aromatic rings. The van der Waals surface area contributed by atoms with E-state index in [1.807, 2.05) is 0 Å². The van der Waals surface area contributed by atoms with E-state index in [4.69, 9.17) is 0 Å². The zero-order chi connectivity index (χ0) is 5.15. The van der Waals surface area contributed by atoms with Gasteiger partial charge in [0.2, 0.25) is 0 Å². The first kappa shape index (κ1) is 7.18. The fourth-order valence-corrected chi connectivity index (χ4v) is 0. The molecule has 0 fully saturated rings. The van der Waals surface area contributed by atoms with Gasteiger partial charge >= 0.3 is 45.4 Å². The first-order valence-electron chi connectivity index (χ1n) is 0.714. The van der Waals surface area contributed by atoms with Crippen LogP contribution >= 0.6 is 34.0 Å². The third kappa shape index (κ3) is 3.37. The normalized spacial score (nSPS) is 14.0. The van der Waals surface area contributed by atoms with E-state index in [9.17, 15) is 11.4 Å². The van der Waals surface area contributed by atoms with Crippen molar-refractivity contribution < 1.29 is 11.4 Å². The first-order chi connectivity index (χ1) is 2.64. The maximum absolute atomic E-state index is 10.6. The van der Waals surface area contributed by atoms with E-state index >= 15 is 0 Å². The standard InChI is InChI=1S/F4I2/c1-5(2)6(3)4. The first-order valence-corrected chi connectivity index (χ1v) is 10.3. The van der Waals surface area contributed by atoms with E-state index < -0.39 is 34.0 Å². The van der Waals surface area contributed by atoms with Crippen LogP contribution in [0.4, 0.5) is 11.4 Å². The molecule has 0 unspecified atom stereocenters. The van der Waals surface area contributed by atoms with Crippen molar-refractivity contribution in [1.82, 2.24) is 0 Å². The summed E-state index contributed by atoms with van der Waals surface area (Å²) in [5, 5.41) is 0. The topological polar surface area (TPSA) is 0 Å². The average molecular weight is 330 g/mol. The Hall–Kier alpha value is 1.18. The van der Waals surface area contributed by atoms with Crippen LogP contribution in [0.15, 0.2) is 0 Å². The number of hydrogen-bond acceptors (Lipinski definition) is 0. The van der Waals surface area contributed by atoms with Crippen LogP contribution in [-0.2, 0) is 0 Å². The quantitative estimate of drug-likeness (QED) is 0.510. The molecule has 0 bridgehead atoms. The van der Waals surface area contributed by atoms with Gasteiger partial charge in [0.25, 0.3) is 0 Å². The minimum atomic E-state index is -4.56. The summed E-state index contributed by atoms with van der Waals surface area (Å²) >= 11 is -9.12. The van der Waals surface area contributed by atoms with E-state index in [-0.39, 0.29) is 0 Å². The second-order valence-corrected chi connectivity index (χ2v) is 10.4. The molecule has 0 aromatic heterocycles. The zero-order valence-corrected chi connectivity index (χ0v) is 6.58. The van der Waals surface area contributed by atoms with Crippen molar-refractivity contribution in [3.8, 4) is 0 Å². The Kier molecular flexibility index (Phi) is 3.85. The van der Waals surface area contributed by atoms with Gasteiger partial charge in [0.05, 0.1) is 0 Å². The molecular weight excluding hydrogens is 330 g/mol. The van der Waals surface area contributed by atoms with Crippen LogP contribution in [0.25, 0.3) is 0 Å². The van der Waals surface area contributed by atoms with Crippen molar-refractivity contribution in [2.75, 3.05) is 0 Å². The molecule has 0 radical (unpaired) electrons. The summed E-state index contributed by atoms with van der Waals surface area (Å²) in [6.07, 6.45) is 0. The SMILES string of the molecule is FI(F)I(F)F. The summed E-state index contributed by atoms with van der Waals surface area (Å²) < 4.78 is 42.5. The second-order valence-electron chi connectivity index (χ2n) is 0.324. The fourth-order valence-electron chi connectivity index (χ4n) is 0. The molecule has 0 rings (SSSR count). The Morgan fingerprint density at radius 3 is 0.833 bits per heavy atom. The van der Waals surface area contributed by atoms with Gasteiger partial charge in [-0.15, -0.1) is 0 Å². The van der Waals surface area contributed by atoms with Gasteiger partial charge in [-0.2, -0.15) is 0 Å². The van der Waals surface area contributed by atoms with Crippen molar-refractivity contribution >= 4 is 34.0 Å². The Morgan fingerprint density at radius 2 is 0.833 bits per heavy atom. The number of hydrogen-bond donors (Lipinski definition) is 0. The molecule has 0 saturated carbocycles. The Balaban J connectivity index is 2.99.